The Balaban J connectivity index is 1.43. The molecule has 1 aliphatic carbocycles. The highest BCUT2D eigenvalue weighted by Crippen LogP contribution is 2.28. The van der Waals surface area contributed by atoms with Gasteiger partial charge in [0.25, 0.3) is 0 Å². The Labute approximate surface area is 201 Å². The normalized spacial score (nSPS) is 15.3. The molecule has 3 rings (SSSR count). The number of rotatable bonds is 16. The fourth-order valence-corrected chi connectivity index (χ4v) is 4.93. The summed E-state index contributed by atoms with van der Waals surface area (Å²) >= 11 is 0. The molecule has 1 aliphatic rings. The second-order valence-corrected chi connectivity index (χ2v) is 9.70. The lowest BCUT2D eigenvalue weighted by Gasteiger charge is -2.21. The molecule has 4 heteroatoms. The average molecular weight is 453 g/mol. The molecule has 33 heavy (non-hydrogen) atoms. The molecule has 0 N–H and O–H groups in total. The molecule has 1 atom stereocenters. The molecular formula is C29H44N2O2. The van der Waals surface area contributed by atoms with Gasteiger partial charge in [-0.15, -0.1) is 0 Å². The van der Waals surface area contributed by atoms with Crippen molar-refractivity contribution in [1.82, 2.24) is 9.97 Å². The van der Waals surface area contributed by atoms with Gasteiger partial charge in [0.05, 0.1) is 25.6 Å². The molecule has 1 heterocycles. The van der Waals surface area contributed by atoms with Crippen LogP contribution in [0.25, 0.3) is 0 Å². The summed E-state index contributed by atoms with van der Waals surface area (Å²) in [7, 11) is 0. The number of benzene rings is 1. The first-order valence-corrected chi connectivity index (χ1v) is 13.5. The van der Waals surface area contributed by atoms with Crippen LogP contribution in [0.2, 0.25) is 0 Å². The topological polar surface area (TPSA) is 44.2 Å². The van der Waals surface area contributed by atoms with Crippen LogP contribution in [0, 0.1) is 5.92 Å². The molecule has 0 bridgehead atoms. The molecule has 0 aliphatic heterocycles. The smallest absolute Gasteiger partial charge is 0.155 e. The van der Waals surface area contributed by atoms with Gasteiger partial charge in [-0.1, -0.05) is 89.7 Å². The summed E-state index contributed by atoms with van der Waals surface area (Å²) in [5.74, 6) is 3.06. The van der Waals surface area contributed by atoms with Crippen LogP contribution in [0.15, 0.2) is 43.0 Å². The largest absolute Gasteiger partial charge is 0.494 e. The highest BCUT2D eigenvalue weighted by molar-refractivity contribution is 5.29. The molecule has 0 radical (unpaired) electrons. The molecule has 1 saturated carbocycles. The Morgan fingerprint density at radius 1 is 0.818 bits per heavy atom. The number of unbranched alkanes of at least 4 members (excludes halogenated alkanes) is 5. The van der Waals surface area contributed by atoms with Crippen LogP contribution in [0.3, 0.4) is 0 Å². The lowest BCUT2D eigenvalue weighted by Crippen LogP contribution is -2.11. The summed E-state index contributed by atoms with van der Waals surface area (Å²) < 4.78 is 12.1. The van der Waals surface area contributed by atoms with Gasteiger partial charge in [-0.2, -0.15) is 0 Å². The second-order valence-electron chi connectivity index (χ2n) is 9.70. The first kappa shape index (κ1) is 25.5. The Morgan fingerprint density at radius 2 is 1.58 bits per heavy atom. The minimum Gasteiger partial charge on any atom is -0.494 e. The predicted octanol–water partition coefficient (Wildman–Crippen LogP) is 8.13. The minimum absolute atomic E-state index is 0.372. The third-order valence-corrected chi connectivity index (χ3v) is 7.00. The summed E-state index contributed by atoms with van der Waals surface area (Å²) in [6.45, 7) is 3.74. The van der Waals surface area contributed by atoms with E-state index >= 15 is 0 Å². The lowest BCUT2D eigenvalue weighted by molar-refractivity contribution is 0.275. The van der Waals surface area contributed by atoms with Gasteiger partial charge in [-0.25, -0.2) is 9.97 Å². The predicted molar refractivity (Wildman–Crippen MR) is 136 cm³/mol. The number of ether oxygens (including phenoxy) is 2. The lowest BCUT2D eigenvalue weighted by atomic mass is 9.86. The zero-order valence-electron chi connectivity index (χ0n) is 20.7. The van der Waals surface area contributed by atoms with Crippen molar-refractivity contribution < 1.29 is 9.47 Å². The zero-order valence-corrected chi connectivity index (χ0v) is 20.7. The Hall–Kier alpha value is -2.10. The van der Waals surface area contributed by atoms with Crippen LogP contribution >= 0.6 is 0 Å². The third-order valence-electron chi connectivity index (χ3n) is 7.00. The SMILES string of the molecule is CCCCCCCC(COc1cncnc1)c1ccc(OCCCCC2CCCCC2)cc1. The number of aromatic nitrogens is 2. The molecule has 0 saturated heterocycles. The van der Waals surface area contributed by atoms with Gasteiger partial charge in [0.2, 0.25) is 0 Å². The first-order chi connectivity index (χ1) is 16.3. The van der Waals surface area contributed by atoms with E-state index in [2.05, 4.69) is 41.2 Å². The molecule has 1 aromatic heterocycles. The zero-order chi connectivity index (χ0) is 23.0. The van der Waals surface area contributed by atoms with E-state index in [4.69, 9.17) is 9.47 Å². The molecule has 0 amide bonds. The summed E-state index contributed by atoms with van der Waals surface area (Å²) in [4.78, 5) is 8.12. The minimum atomic E-state index is 0.372. The third kappa shape index (κ3) is 10.1. The fraction of sp³-hybridized carbons (Fsp3) is 0.655. The van der Waals surface area contributed by atoms with Crippen molar-refractivity contribution in [3.63, 3.8) is 0 Å². The summed E-state index contributed by atoms with van der Waals surface area (Å²) in [5, 5.41) is 0. The van der Waals surface area contributed by atoms with Gasteiger partial charge >= 0.3 is 0 Å². The Bertz CT molecular complexity index is 729. The van der Waals surface area contributed by atoms with E-state index in [0.717, 1.165) is 36.9 Å². The molecule has 2 aromatic rings. The molecule has 1 unspecified atom stereocenters. The van der Waals surface area contributed by atoms with Crippen molar-refractivity contribution in [2.24, 2.45) is 5.92 Å². The van der Waals surface area contributed by atoms with E-state index in [1.807, 2.05) is 0 Å². The van der Waals surface area contributed by atoms with Gasteiger partial charge in [0.15, 0.2) is 5.75 Å². The number of hydrogen-bond acceptors (Lipinski definition) is 4. The van der Waals surface area contributed by atoms with Crippen molar-refractivity contribution in [3.05, 3.63) is 48.5 Å². The molecule has 182 valence electrons. The molecule has 0 spiro atoms. The van der Waals surface area contributed by atoms with Crippen LogP contribution in [0.1, 0.15) is 108 Å². The van der Waals surface area contributed by atoms with Gasteiger partial charge < -0.3 is 9.47 Å². The van der Waals surface area contributed by atoms with Crippen molar-refractivity contribution >= 4 is 0 Å². The fourth-order valence-electron chi connectivity index (χ4n) is 4.93. The first-order valence-electron chi connectivity index (χ1n) is 13.5. The Kier molecular flexibility index (Phi) is 12.1. The average Bonchev–Trinajstić information content (AvgIpc) is 2.87. The van der Waals surface area contributed by atoms with Crippen LogP contribution in [-0.4, -0.2) is 23.2 Å². The summed E-state index contributed by atoms with van der Waals surface area (Å²) in [6.07, 6.45) is 23.7. The number of nitrogens with zero attached hydrogens (tertiary/aromatic N) is 2. The maximum atomic E-state index is 6.04. The van der Waals surface area contributed by atoms with Gasteiger partial charge in [-0.05, 0) is 42.9 Å². The number of hydrogen-bond donors (Lipinski definition) is 0. The van der Waals surface area contributed by atoms with Crippen LogP contribution in [-0.2, 0) is 0 Å². The van der Waals surface area contributed by atoms with E-state index in [-0.39, 0.29) is 0 Å². The van der Waals surface area contributed by atoms with Gasteiger partial charge in [-0.3, -0.25) is 0 Å². The van der Waals surface area contributed by atoms with Crippen molar-refractivity contribution in [1.29, 1.82) is 0 Å². The van der Waals surface area contributed by atoms with Gasteiger partial charge in [0.1, 0.15) is 12.1 Å². The summed E-state index contributed by atoms with van der Waals surface area (Å²) in [6, 6.07) is 8.70. The quantitative estimate of drug-likeness (QED) is 0.241. The highest BCUT2D eigenvalue weighted by Gasteiger charge is 2.14. The van der Waals surface area contributed by atoms with Crippen molar-refractivity contribution in [3.8, 4) is 11.5 Å². The standard InChI is InChI=1S/C29H44N2O2/c1-2-3-4-5-9-15-27(23-33-29-21-30-24-31-22-29)26-16-18-28(19-17-26)32-20-11-10-14-25-12-7-6-8-13-25/h16-19,21-22,24-25,27H,2-15,20,23H2,1H3. The molecule has 4 nitrogen and oxygen atoms in total. The van der Waals surface area contributed by atoms with Crippen LogP contribution < -0.4 is 9.47 Å². The Morgan fingerprint density at radius 3 is 2.33 bits per heavy atom. The van der Waals surface area contributed by atoms with Crippen molar-refractivity contribution in [2.45, 2.75) is 103 Å². The van der Waals surface area contributed by atoms with Crippen LogP contribution in [0.4, 0.5) is 0 Å². The molecule has 1 fully saturated rings. The molecular weight excluding hydrogens is 408 g/mol. The van der Waals surface area contributed by atoms with E-state index < -0.39 is 0 Å². The van der Waals surface area contributed by atoms with E-state index in [1.165, 1.54) is 88.9 Å². The van der Waals surface area contributed by atoms with E-state index in [0.29, 0.717) is 12.5 Å². The molecule has 1 aromatic carbocycles. The maximum absolute atomic E-state index is 6.04. The maximum Gasteiger partial charge on any atom is 0.155 e. The monoisotopic (exact) mass is 452 g/mol. The van der Waals surface area contributed by atoms with E-state index in [9.17, 15) is 0 Å². The highest BCUT2D eigenvalue weighted by atomic mass is 16.5. The van der Waals surface area contributed by atoms with Gasteiger partial charge in [0, 0.05) is 5.92 Å². The second kappa shape index (κ2) is 15.7. The van der Waals surface area contributed by atoms with Crippen molar-refractivity contribution in [2.75, 3.05) is 13.2 Å². The van der Waals surface area contributed by atoms with E-state index in [1.54, 1.807) is 12.4 Å². The summed E-state index contributed by atoms with van der Waals surface area (Å²) in [5.41, 5.74) is 1.33. The van der Waals surface area contributed by atoms with Crippen LogP contribution in [0.5, 0.6) is 11.5 Å².